The molecule has 0 atom stereocenters. The SMILES string of the molecule is COc1ncnc(NCc2ccc(Cl)cc2)c1N. The average Bonchev–Trinajstić information content (AvgIpc) is 2.39. The van der Waals surface area contributed by atoms with E-state index in [4.69, 9.17) is 22.1 Å². The zero-order chi connectivity index (χ0) is 13.0. The van der Waals surface area contributed by atoms with E-state index in [9.17, 15) is 0 Å². The van der Waals surface area contributed by atoms with Crippen molar-refractivity contribution < 1.29 is 4.74 Å². The second kappa shape index (κ2) is 5.55. The van der Waals surface area contributed by atoms with Gasteiger partial charge in [0.2, 0.25) is 5.88 Å². The van der Waals surface area contributed by atoms with Gasteiger partial charge in [-0.05, 0) is 17.7 Å². The van der Waals surface area contributed by atoms with E-state index in [1.165, 1.54) is 13.4 Å². The number of methoxy groups -OCH3 is 1. The Morgan fingerprint density at radius 3 is 2.67 bits per heavy atom. The van der Waals surface area contributed by atoms with Crippen LogP contribution in [0, 0.1) is 0 Å². The molecule has 0 amide bonds. The van der Waals surface area contributed by atoms with E-state index < -0.39 is 0 Å². The molecule has 94 valence electrons. The third kappa shape index (κ3) is 2.81. The zero-order valence-electron chi connectivity index (χ0n) is 9.85. The second-order valence-corrected chi connectivity index (χ2v) is 4.06. The van der Waals surface area contributed by atoms with Crippen molar-refractivity contribution in [3.05, 3.63) is 41.2 Å². The van der Waals surface area contributed by atoms with Gasteiger partial charge < -0.3 is 15.8 Å². The molecule has 5 nitrogen and oxygen atoms in total. The first-order chi connectivity index (χ1) is 8.70. The number of halogens is 1. The highest BCUT2D eigenvalue weighted by Gasteiger charge is 2.07. The molecule has 0 aliphatic rings. The lowest BCUT2D eigenvalue weighted by atomic mass is 10.2. The van der Waals surface area contributed by atoms with Crippen molar-refractivity contribution in [3.63, 3.8) is 0 Å². The van der Waals surface area contributed by atoms with Crippen molar-refractivity contribution in [2.75, 3.05) is 18.2 Å². The van der Waals surface area contributed by atoms with Crippen LogP contribution in [0.1, 0.15) is 5.56 Å². The minimum atomic E-state index is 0.364. The highest BCUT2D eigenvalue weighted by atomic mass is 35.5. The van der Waals surface area contributed by atoms with Crippen LogP contribution in [-0.2, 0) is 6.54 Å². The molecule has 0 saturated carbocycles. The number of nitrogens with two attached hydrogens (primary N) is 1. The van der Waals surface area contributed by atoms with Crippen molar-refractivity contribution in [2.45, 2.75) is 6.54 Å². The molecular formula is C12H13ClN4O. The van der Waals surface area contributed by atoms with Gasteiger partial charge in [-0.1, -0.05) is 23.7 Å². The summed E-state index contributed by atoms with van der Waals surface area (Å²) in [5.41, 5.74) is 7.33. The van der Waals surface area contributed by atoms with Crippen LogP contribution in [0.25, 0.3) is 0 Å². The summed E-state index contributed by atoms with van der Waals surface area (Å²) in [7, 11) is 1.52. The first-order valence-corrected chi connectivity index (χ1v) is 5.71. The van der Waals surface area contributed by atoms with Gasteiger partial charge in [0.1, 0.15) is 12.0 Å². The molecule has 0 spiro atoms. The third-order valence-electron chi connectivity index (χ3n) is 2.41. The standard InChI is InChI=1S/C12H13ClN4O/c1-18-12-10(14)11(16-7-17-12)15-6-8-2-4-9(13)5-3-8/h2-5,7H,6,14H2,1H3,(H,15,16,17). The topological polar surface area (TPSA) is 73.1 Å². The van der Waals surface area contributed by atoms with Crippen LogP contribution in [0.3, 0.4) is 0 Å². The van der Waals surface area contributed by atoms with Crippen molar-refractivity contribution in [1.82, 2.24) is 9.97 Å². The van der Waals surface area contributed by atoms with Crippen molar-refractivity contribution in [2.24, 2.45) is 0 Å². The molecular weight excluding hydrogens is 252 g/mol. The molecule has 1 aromatic heterocycles. The van der Waals surface area contributed by atoms with Gasteiger partial charge in [0.05, 0.1) is 7.11 Å². The Kier molecular flexibility index (Phi) is 3.84. The maximum atomic E-state index is 5.85. The highest BCUT2D eigenvalue weighted by Crippen LogP contribution is 2.24. The Balaban J connectivity index is 2.08. The van der Waals surface area contributed by atoms with Crippen molar-refractivity contribution >= 4 is 23.1 Å². The smallest absolute Gasteiger partial charge is 0.242 e. The van der Waals surface area contributed by atoms with Gasteiger partial charge in [0.25, 0.3) is 0 Å². The molecule has 3 N–H and O–H groups in total. The molecule has 0 bridgehead atoms. The third-order valence-corrected chi connectivity index (χ3v) is 2.67. The molecule has 2 aromatic rings. The first kappa shape index (κ1) is 12.4. The van der Waals surface area contributed by atoms with Crippen LogP contribution >= 0.6 is 11.6 Å². The number of aromatic nitrogens is 2. The molecule has 1 aromatic carbocycles. The minimum Gasteiger partial charge on any atom is -0.479 e. The average molecular weight is 265 g/mol. The minimum absolute atomic E-state index is 0.364. The lowest BCUT2D eigenvalue weighted by Gasteiger charge is -2.10. The summed E-state index contributed by atoms with van der Waals surface area (Å²) in [6.45, 7) is 0.599. The number of rotatable bonds is 4. The Morgan fingerprint density at radius 1 is 1.28 bits per heavy atom. The fourth-order valence-corrected chi connectivity index (χ4v) is 1.60. The van der Waals surface area contributed by atoms with Crippen LogP contribution in [0.15, 0.2) is 30.6 Å². The van der Waals surface area contributed by atoms with Crippen LogP contribution in [-0.4, -0.2) is 17.1 Å². The number of hydrogen-bond acceptors (Lipinski definition) is 5. The lowest BCUT2D eigenvalue weighted by Crippen LogP contribution is -2.06. The number of hydrogen-bond donors (Lipinski definition) is 2. The largest absolute Gasteiger partial charge is 0.479 e. The normalized spacial score (nSPS) is 10.1. The maximum absolute atomic E-state index is 5.85. The first-order valence-electron chi connectivity index (χ1n) is 5.33. The second-order valence-electron chi connectivity index (χ2n) is 3.63. The lowest BCUT2D eigenvalue weighted by molar-refractivity contribution is 0.399. The Bertz CT molecular complexity index is 530. The van der Waals surface area contributed by atoms with E-state index in [1.54, 1.807) is 0 Å². The monoisotopic (exact) mass is 264 g/mol. The van der Waals surface area contributed by atoms with Gasteiger partial charge in [0, 0.05) is 11.6 Å². The summed E-state index contributed by atoms with van der Waals surface area (Å²) < 4.78 is 5.02. The summed E-state index contributed by atoms with van der Waals surface area (Å²) in [4.78, 5) is 7.97. The van der Waals surface area contributed by atoms with E-state index in [0.29, 0.717) is 29.0 Å². The van der Waals surface area contributed by atoms with E-state index in [-0.39, 0.29) is 0 Å². The molecule has 0 unspecified atom stereocenters. The maximum Gasteiger partial charge on any atom is 0.242 e. The predicted molar refractivity (Wildman–Crippen MR) is 71.8 cm³/mol. The number of nitrogen functional groups attached to an aromatic ring is 1. The molecule has 18 heavy (non-hydrogen) atoms. The van der Waals surface area contributed by atoms with Gasteiger partial charge in [-0.2, -0.15) is 4.98 Å². The Hall–Kier alpha value is -2.01. The summed E-state index contributed by atoms with van der Waals surface area (Å²) in [6, 6.07) is 7.54. The quantitative estimate of drug-likeness (QED) is 0.887. The zero-order valence-corrected chi connectivity index (χ0v) is 10.6. The van der Waals surface area contributed by atoms with Crippen molar-refractivity contribution in [1.29, 1.82) is 0 Å². The number of benzene rings is 1. The molecule has 1 heterocycles. The van der Waals surface area contributed by atoms with E-state index in [1.807, 2.05) is 24.3 Å². The highest BCUT2D eigenvalue weighted by molar-refractivity contribution is 6.30. The van der Waals surface area contributed by atoms with Crippen LogP contribution < -0.4 is 15.8 Å². The molecule has 0 fully saturated rings. The molecule has 2 rings (SSSR count). The molecule has 0 aliphatic carbocycles. The fraction of sp³-hybridized carbons (Fsp3) is 0.167. The molecule has 6 heteroatoms. The summed E-state index contributed by atoms with van der Waals surface area (Å²) in [5.74, 6) is 0.917. The van der Waals surface area contributed by atoms with Crippen LogP contribution in [0.4, 0.5) is 11.5 Å². The number of ether oxygens (including phenoxy) is 1. The van der Waals surface area contributed by atoms with Crippen LogP contribution in [0.2, 0.25) is 5.02 Å². The molecule has 0 radical (unpaired) electrons. The predicted octanol–water partition coefficient (Wildman–Crippen LogP) is 2.33. The summed E-state index contributed by atoms with van der Waals surface area (Å²) >= 11 is 5.82. The van der Waals surface area contributed by atoms with Gasteiger partial charge in [-0.3, -0.25) is 0 Å². The molecule has 0 aliphatic heterocycles. The Labute approximate surface area is 110 Å². The van der Waals surface area contributed by atoms with Gasteiger partial charge in [0.15, 0.2) is 5.82 Å². The summed E-state index contributed by atoms with van der Waals surface area (Å²) in [5, 5.41) is 3.83. The van der Waals surface area contributed by atoms with Crippen molar-refractivity contribution in [3.8, 4) is 5.88 Å². The van der Waals surface area contributed by atoms with E-state index in [2.05, 4.69) is 15.3 Å². The van der Waals surface area contributed by atoms with Gasteiger partial charge in [-0.15, -0.1) is 0 Å². The number of anilines is 2. The molecule has 0 saturated heterocycles. The van der Waals surface area contributed by atoms with Crippen LogP contribution in [0.5, 0.6) is 5.88 Å². The van der Waals surface area contributed by atoms with Gasteiger partial charge in [-0.25, -0.2) is 4.98 Å². The van der Waals surface area contributed by atoms with E-state index in [0.717, 1.165) is 5.56 Å². The van der Waals surface area contributed by atoms with Gasteiger partial charge >= 0.3 is 0 Å². The fourth-order valence-electron chi connectivity index (χ4n) is 1.47. The van der Waals surface area contributed by atoms with E-state index >= 15 is 0 Å². The Morgan fingerprint density at radius 2 is 2.00 bits per heavy atom. The number of nitrogens with one attached hydrogen (secondary N) is 1. The summed E-state index contributed by atoms with van der Waals surface area (Å²) in [6.07, 6.45) is 1.40. The number of nitrogens with zero attached hydrogens (tertiary/aromatic N) is 2.